The standard InChI is InChI=1S/C10H14N6/c11-8-6-16-10(7-15-8)12-3-1-2-9-13-4-5-14-9/h4-7H,1-3H2,(H2,11,15)(H,12,16)(H,13,14). The highest BCUT2D eigenvalue weighted by Crippen LogP contribution is 2.02. The van der Waals surface area contributed by atoms with Crippen molar-refractivity contribution in [2.24, 2.45) is 0 Å². The molecule has 0 aliphatic carbocycles. The van der Waals surface area contributed by atoms with Gasteiger partial charge >= 0.3 is 0 Å². The van der Waals surface area contributed by atoms with Gasteiger partial charge in [-0.2, -0.15) is 0 Å². The number of aromatic amines is 1. The summed E-state index contributed by atoms with van der Waals surface area (Å²) < 4.78 is 0. The first-order chi connectivity index (χ1) is 7.84. The molecular weight excluding hydrogens is 204 g/mol. The van der Waals surface area contributed by atoms with E-state index in [1.54, 1.807) is 12.4 Å². The van der Waals surface area contributed by atoms with Gasteiger partial charge in [0.15, 0.2) is 0 Å². The van der Waals surface area contributed by atoms with Gasteiger partial charge in [-0.3, -0.25) is 0 Å². The topological polar surface area (TPSA) is 92.5 Å². The lowest BCUT2D eigenvalue weighted by Gasteiger charge is -2.03. The summed E-state index contributed by atoms with van der Waals surface area (Å²) in [5.74, 6) is 2.18. The molecule has 0 aliphatic rings. The first-order valence-corrected chi connectivity index (χ1v) is 5.14. The van der Waals surface area contributed by atoms with E-state index in [9.17, 15) is 0 Å². The quantitative estimate of drug-likeness (QED) is 0.646. The molecule has 2 rings (SSSR count). The van der Waals surface area contributed by atoms with E-state index in [-0.39, 0.29) is 0 Å². The van der Waals surface area contributed by atoms with Crippen molar-refractivity contribution in [2.75, 3.05) is 17.6 Å². The van der Waals surface area contributed by atoms with Crippen LogP contribution >= 0.6 is 0 Å². The number of nitrogen functional groups attached to an aromatic ring is 1. The van der Waals surface area contributed by atoms with Crippen molar-refractivity contribution in [1.29, 1.82) is 0 Å². The number of hydrogen-bond acceptors (Lipinski definition) is 5. The number of aromatic nitrogens is 4. The second kappa shape index (κ2) is 5.11. The molecule has 0 spiro atoms. The molecule has 2 aromatic rings. The van der Waals surface area contributed by atoms with E-state index in [1.807, 2.05) is 6.20 Å². The minimum atomic E-state index is 0.432. The zero-order valence-electron chi connectivity index (χ0n) is 8.85. The second-order valence-electron chi connectivity index (χ2n) is 3.39. The third-order valence-corrected chi connectivity index (χ3v) is 2.12. The minimum absolute atomic E-state index is 0.432. The zero-order chi connectivity index (χ0) is 11.2. The summed E-state index contributed by atoms with van der Waals surface area (Å²) in [5.41, 5.74) is 5.43. The lowest BCUT2D eigenvalue weighted by atomic mass is 10.3. The molecule has 6 nitrogen and oxygen atoms in total. The first-order valence-electron chi connectivity index (χ1n) is 5.14. The SMILES string of the molecule is Nc1cnc(NCCCc2ncc[nH]2)cn1. The molecule has 16 heavy (non-hydrogen) atoms. The summed E-state index contributed by atoms with van der Waals surface area (Å²) in [4.78, 5) is 15.2. The fourth-order valence-corrected chi connectivity index (χ4v) is 1.34. The maximum Gasteiger partial charge on any atom is 0.144 e. The van der Waals surface area contributed by atoms with Gasteiger partial charge in [-0.15, -0.1) is 0 Å². The van der Waals surface area contributed by atoms with E-state index < -0.39 is 0 Å². The van der Waals surface area contributed by atoms with Crippen LogP contribution in [0.3, 0.4) is 0 Å². The van der Waals surface area contributed by atoms with Gasteiger partial charge in [0.1, 0.15) is 17.5 Å². The van der Waals surface area contributed by atoms with Gasteiger partial charge in [0, 0.05) is 25.4 Å². The summed E-state index contributed by atoms with van der Waals surface area (Å²) in [7, 11) is 0. The highest BCUT2D eigenvalue weighted by atomic mass is 15.0. The summed E-state index contributed by atoms with van der Waals surface area (Å²) in [6, 6.07) is 0. The smallest absolute Gasteiger partial charge is 0.144 e. The molecule has 2 heterocycles. The lowest BCUT2D eigenvalue weighted by molar-refractivity contribution is 0.813. The Morgan fingerprint density at radius 1 is 1.25 bits per heavy atom. The highest BCUT2D eigenvalue weighted by Gasteiger charge is 1.96. The van der Waals surface area contributed by atoms with Crippen molar-refractivity contribution in [3.63, 3.8) is 0 Å². The number of anilines is 2. The number of imidazole rings is 1. The van der Waals surface area contributed by atoms with Crippen molar-refractivity contribution >= 4 is 11.6 Å². The maximum atomic E-state index is 5.43. The number of nitrogens with two attached hydrogens (primary N) is 1. The largest absolute Gasteiger partial charge is 0.382 e. The van der Waals surface area contributed by atoms with Crippen LogP contribution in [0.2, 0.25) is 0 Å². The summed E-state index contributed by atoms with van der Waals surface area (Å²) in [6.07, 6.45) is 8.65. The Balaban J connectivity index is 1.70. The third kappa shape index (κ3) is 2.94. The molecule has 4 N–H and O–H groups in total. The van der Waals surface area contributed by atoms with Crippen LogP contribution in [0.25, 0.3) is 0 Å². The highest BCUT2D eigenvalue weighted by molar-refractivity contribution is 5.35. The number of H-pyrrole nitrogens is 1. The Hall–Kier alpha value is -2.11. The summed E-state index contributed by atoms with van der Waals surface area (Å²) >= 11 is 0. The monoisotopic (exact) mass is 218 g/mol. The molecule has 6 heteroatoms. The van der Waals surface area contributed by atoms with Gasteiger partial charge in [0.25, 0.3) is 0 Å². The average Bonchev–Trinajstić information content (AvgIpc) is 2.80. The third-order valence-electron chi connectivity index (χ3n) is 2.12. The van der Waals surface area contributed by atoms with Gasteiger partial charge in [0.05, 0.1) is 12.4 Å². The van der Waals surface area contributed by atoms with E-state index in [0.29, 0.717) is 5.82 Å². The molecule has 0 aliphatic heterocycles. The Morgan fingerprint density at radius 3 is 2.88 bits per heavy atom. The minimum Gasteiger partial charge on any atom is -0.382 e. The molecule has 84 valence electrons. The van der Waals surface area contributed by atoms with Crippen LogP contribution in [-0.2, 0) is 6.42 Å². The van der Waals surface area contributed by atoms with Crippen molar-refractivity contribution < 1.29 is 0 Å². The van der Waals surface area contributed by atoms with Crippen LogP contribution < -0.4 is 11.1 Å². The van der Waals surface area contributed by atoms with Crippen molar-refractivity contribution in [2.45, 2.75) is 12.8 Å². The van der Waals surface area contributed by atoms with E-state index in [1.165, 1.54) is 6.20 Å². The van der Waals surface area contributed by atoms with E-state index in [4.69, 9.17) is 5.73 Å². The van der Waals surface area contributed by atoms with Crippen molar-refractivity contribution in [3.05, 3.63) is 30.6 Å². The fraction of sp³-hybridized carbons (Fsp3) is 0.300. The molecule has 0 saturated heterocycles. The summed E-state index contributed by atoms with van der Waals surface area (Å²) in [5, 5.41) is 3.16. The van der Waals surface area contributed by atoms with E-state index >= 15 is 0 Å². The molecule has 0 unspecified atom stereocenters. The molecule has 0 aromatic carbocycles. The van der Waals surface area contributed by atoms with Crippen molar-refractivity contribution in [1.82, 2.24) is 19.9 Å². The maximum absolute atomic E-state index is 5.43. The van der Waals surface area contributed by atoms with Crippen LogP contribution in [0.5, 0.6) is 0 Å². The Morgan fingerprint density at radius 2 is 2.19 bits per heavy atom. The molecule has 0 fully saturated rings. The van der Waals surface area contributed by atoms with Crippen molar-refractivity contribution in [3.8, 4) is 0 Å². The fourth-order valence-electron chi connectivity index (χ4n) is 1.34. The Kier molecular flexibility index (Phi) is 3.32. The number of rotatable bonds is 5. The number of aryl methyl sites for hydroxylation is 1. The normalized spacial score (nSPS) is 10.2. The molecule has 0 radical (unpaired) electrons. The number of hydrogen-bond donors (Lipinski definition) is 3. The molecule has 0 amide bonds. The van der Waals surface area contributed by atoms with E-state index in [0.717, 1.165) is 31.0 Å². The van der Waals surface area contributed by atoms with Gasteiger partial charge < -0.3 is 16.0 Å². The average molecular weight is 218 g/mol. The molecule has 0 bridgehead atoms. The predicted octanol–water partition coefficient (Wildman–Crippen LogP) is 0.827. The predicted molar refractivity (Wildman–Crippen MR) is 61.8 cm³/mol. The van der Waals surface area contributed by atoms with Gasteiger partial charge in [-0.1, -0.05) is 0 Å². The van der Waals surface area contributed by atoms with Gasteiger partial charge in [-0.05, 0) is 6.42 Å². The molecule has 2 aromatic heterocycles. The molecular formula is C10H14N6. The zero-order valence-corrected chi connectivity index (χ0v) is 8.85. The number of nitrogens with zero attached hydrogens (tertiary/aromatic N) is 3. The summed E-state index contributed by atoms with van der Waals surface area (Å²) in [6.45, 7) is 0.833. The second-order valence-corrected chi connectivity index (χ2v) is 3.39. The van der Waals surface area contributed by atoms with Crippen LogP contribution in [0.15, 0.2) is 24.8 Å². The van der Waals surface area contributed by atoms with E-state index in [2.05, 4.69) is 25.3 Å². The first kappa shape index (κ1) is 10.4. The molecule has 0 atom stereocenters. The van der Waals surface area contributed by atoms with Gasteiger partial charge in [-0.25, -0.2) is 15.0 Å². The Labute approximate surface area is 93.3 Å². The van der Waals surface area contributed by atoms with Crippen LogP contribution in [0.1, 0.15) is 12.2 Å². The van der Waals surface area contributed by atoms with Crippen LogP contribution in [0, 0.1) is 0 Å². The number of nitrogens with one attached hydrogen (secondary N) is 2. The van der Waals surface area contributed by atoms with Crippen LogP contribution in [-0.4, -0.2) is 26.5 Å². The van der Waals surface area contributed by atoms with Crippen LogP contribution in [0.4, 0.5) is 11.6 Å². The lowest BCUT2D eigenvalue weighted by Crippen LogP contribution is -2.06. The Bertz CT molecular complexity index is 407. The molecule has 0 saturated carbocycles. The van der Waals surface area contributed by atoms with Gasteiger partial charge in [0.2, 0.25) is 0 Å².